The maximum Gasteiger partial charge on any atom is 0.226 e. The Morgan fingerprint density at radius 1 is 1.43 bits per heavy atom. The van der Waals surface area contributed by atoms with Crippen molar-refractivity contribution in [2.75, 3.05) is 23.3 Å². The molecule has 3 aromatic heterocycles. The van der Waals surface area contributed by atoms with E-state index in [0.717, 1.165) is 42.9 Å². The molecule has 0 aliphatic carbocycles. The molecule has 0 unspecified atom stereocenters. The van der Waals surface area contributed by atoms with Crippen molar-refractivity contribution in [3.05, 3.63) is 28.1 Å². The molecule has 0 aromatic carbocycles. The minimum atomic E-state index is 0.653. The van der Waals surface area contributed by atoms with Crippen LogP contribution in [0.4, 0.5) is 11.8 Å². The smallest absolute Gasteiger partial charge is 0.226 e. The summed E-state index contributed by atoms with van der Waals surface area (Å²) >= 11 is 1.85. The SMILES string of the molecule is CCNc1nc(N2CCc3sccc3C2)c2cn[nH]c2n1. The highest BCUT2D eigenvalue weighted by molar-refractivity contribution is 7.10. The van der Waals surface area contributed by atoms with Crippen LogP contribution in [-0.4, -0.2) is 33.3 Å². The molecule has 0 spiro atoms. The molecule has 4 rings (SSSR count). The van der Waals surface area contributed by atoms with E-state index in [1.54, 1.807) is 0 Å². The summed E-state index contributed by atoms with van der Waals surface area (Å²) in [5.41, 5.74) is 2.19. The molecule has 0 atom stereocenters. The van der Waals surface area contributed by atoms with E-state index in [0.29, 0.717) is 5.95 Å². The molecule has 1 aliphatic rings. The topological polar surface area (TPSA) is 69.7 Å². The molecule has 1 aliphatic heterocycles. The summed E-state index contributed by atoms with van der Waals surface area (Å²) in [6, 6.07) is 2.21. The fraction of sp³-hybridized carbons (Fsp3) is 0.357. The van der Waals surface area contributed by atoms with E-state index in [2.05, 4.69) is 36.8 Å². The van der Waals surface area contributed by atoms with E-state index in [1.165, 1.54) is 10.4 Å². The second-order valence-corrected chi connectivity index (χ2v) is 6.07. The fourth-order valence-electron chi connectivity index (χ4n) is 2.73. The van der Waals surface area contributed by atoms with Gasteiger partial charge in [-0.25, -0.2) is 0 Å². The first kappa shape index (κ1) is 12.6. The predicted octanol–water partition coefficient (Wildman–Crippen LogP) is 2.41. The molecule has 7 heteroatoms. The van der Waals surface area contributed by atoms with Crippen LogP contribution in [0.5, 0.6) is 0 Å². The second kappa shape index (κ2) is 5.00. The number of H-pyrrole nitrogens is 1. The van der Waals surface area contributed by atoms with Crippen molar-refractivity contribution in [3.63, 3.8) is 0 Å². The number of nitrogens with zero attached hydrogens (tertiary/aromatic N) is 4. The van der Waals surface area contributed by atoms with Crippen molar-refractivity contribution < 1.29 is 0 Å². The first-order valence-corrected chi connectivity index (χ1v) is 7.98. The second-order valence-electron chi connectivity index (χ2n) is 5.07. The Morgan fingerprint density at radius 3 is 3.29 bits per heavy atom. The third-order valence-electron chi connectivity index (χ3n) is 3.73. The van der Waals surface area contributed by atoms with Crippen molar-refractivity contribution >= 4 is 34.1 Å². The van der Waals surface area contributed by atoms with Gasteiger partial charge in [0.25, 0.3) is 0 Å². The van der Waals surface area contributed by atoms with Gasteiger partial charge in [0, 0.05) is 24.5 Å². The van der Waals surface area contributed by atoms with Crippen LogP contribution >= 0.6 is 11.3 Å². The molecule has 0 radical (unpaired) electrons. The number of aromatic nitrogens is 4. The Balaban J connectivity index is 1.77. The summed E-state index contributed by atoms with van der Waals surface area (Å²) in [6.45, 7) is 4.73. The Labute approximate surface area is 126 Å². The van der Waals surface area contributed by atoms with Crippen LogP contribution in [0.3, 0.4) is 0 Å². The quantitative estimate of drug-likeness (QED) is 0.777. The summed E-state index contributed by atoms with van der Waals surface area (Å²) < 4.78 is 0. The Hall–Kier alpha value is -2.15. The molecule has 0 saturated carbocycles. The number of rotatable bonds is 3. The van der Waals surface area contributed by atoms with Gasteiger partial charge in [0.2, 0.25) is 5.95 Å². The molecular weight excluding hydrogens is 284 g/mol. The first-order chi connectivity index (χ1) is 10.3. The van der Waals surface area contributed by atoms with Gasteiger partial charge in [0.05, 0.1) is 11.6 Å². The number of fused-ring (bicyclic) bond motifs is 2. The van der Waals surface area contributed by atoms with Crippen molar-refractivity contribution in [1.82, 2.24) is 20.2 Å². The third-order valence-corrected chi connectivity index (χ3v) is 4.75. The van der Waals surface area contributed by atoms with Gasteiger partial charge in [-0.15, -0.1) is 11.3 Å². The Kier molecular flexibility index (Phi) is 2.99. The number of hydrogen-bond donors (Lipinski definition) is 2. The van der Waals surface area contributed by atoms with Gasteiger partial charge in [0.1, 0.15) is 5.82 Å². The number of anilines is 2. The average Bonchev–Trinajstić information content (AvgIpc) is 3.14. The van der Waals surface area contributed by atoms with Gasteiger partial charge < -0.3 is 10.2 Å². The highest BCUT2D eigenvalue weighted by atomic mass is 32.1. The molecule has 2 N–H and O–H groups in total. The van der Waals surface area contributed by atoms with Crippen LogP contribution in [0.15, 0.2) is 17.6 Å². The van der Waals surface area contributed by atoms with Crippen LogP contribution in [0.1, 0.15) is 17.4 Å². The molecule has 4 heterocycles. The number of nitrogens with one attached hydrogen (secondary N) is 2. The van der Waals surface area contributed by atoms with Gasteiger partial charge >= 0.3 is 0 Å². The van der Waals surface area contributed by atoms with Crippen LogP contribution in [0.2, 0.25) is 0 Å². The molecule has 0 fully saturated rings. The highest BCUT2D eigenvalue weighted by Gasteiger charge is 2.21. The molecule has 3 aromatic rings. The largest absolute Gasteiger partial charge is 0.354 e. The molecule has 108 valence electrons. The molecular formula is C14H16N6S. The summed E-state index contributed by atoms with van der Waals surface area (Å²) in [4.78, 5) is 13.0. The molecule has 0 saturated heterocycles. The van der Waals surface area contributed by atoms with Crippen LogP contribution in [0, 0.1) is 0 Å². The van der Waals surface area contributed by atoms with Gasteiger partial charge in [-0.05, 0) is 30.4 Å². The predicted molar refractivity (Wildman–Crippen MR) is 84.9 cm³/mol. The summed E-state index contributed by atoms with van der Waals surface area (Å²) in [5.74, 6) is 1.61. The van der Waals surface area contributed by atoms with Gasteiger partial charge in [-0.1, -0.05) is 0 Å². The molecule has 0 bridgehead atoms. The van der Waals surface area contributed by atoms with E-state index in [4.69, 9.17) is 4.98 Å². The first-order valence-electron chi connectivity index (χ1n) is 7.10. The molecule has 6 nitrogen and oxygen atoms in total. The lowest BCUT2D eigenvalue weighted by molar-refractivity contribution is 0.734. The van der Waals surface area contributed by atoms with E-state index in [9.17, 15) is 0 Å². The highest BCUT2D eigenvalue weighted by Crippen LogP contribution is 2.30. The van der Waals surface area contributed by atoms with Crippen LogP contribution < -0.4 is 10.2 Å². The van der Waals surface area contributed by atoms with Gasteiger partial charge in [-0.2, -0.15) is 15.1 Å². The van der Waals surface area contributed by atoms with E-state index in [1.807, 2.05) is 24.5 Å². The average molecular weight is 300 g/mol. The van der Waals surface area contributed by atoms with Crippen LogP contribution in [-0.2, 0) is 13.0 Å². The maximum atomic E-state index is 4.69. The normalized spacial score (nSPS) is 14.4. The van der Waals surface area contributed by atoms with Crippen molar-refractivity contribution in [2.45, 2.75) is 19.9 Å². The zero-order valence-electron chi connectivity index (χ0n) is 11.8. The van der Waals surface area contributed by atoms with Crippen molar-refractivity contribution in [2.24, 2.45) is 0 Å². The molecule has 21 heavy (non-hydrogen) atoms. The number of aromatic amines is 1. The third kappa shape index (κ3) is 2.13. The summed E-state index contributed by atoms with van der Waals surface area (Å²) in [6.07, 6.45) is 2.89. The lowest BCUT2D eigenvalue weighted by Crippen LogP contribution is -2.30. The Morgan fingerprint density at radius 2 is 2.38 bits per heavy atom. The lowest BCUT2D eigenvalue weighted by atomic mass is 10.1. The van der Waals surface area contributed by atoms with Crippen LogP contribution in [0.25, 0.3) is 11.0 Å². The zero-order chi connectivity index (χ0) is 14.2. The van der Waals surface area contributed by atoms with E-state index < -0.39 is 0 Å². The Bertz CT molecular complexity index is 777. The lowest BCUT2D eigenvalue weighted by Gasteiger charge is -2.28. The molecule has 0 amide bonds. The van der Waals surface area contributed by atoms with E-state index in [-0.39, 0.29) is 0 Å². The van der Waals surface area contributed by atoms with Crippen molar-refractivity contribution in [1.29, 1.82) is 0 Å². The monoisotopic (exact) mass is 300 g/mol. The van der Waals surface area contributed by atoms with E-state index >= 15 is 0 Å². The minimum absolute atomic E-state index is 0.653. The summed E-state index contributed by atoms with van der Waals surface area (Å²) in [5, 5.41) is 13.4. The summed E-state index contributed by atoms with van der Waals surface area (Å²) in [7, 11) is 0. The maximum absolute atomic E-state index is 4.69. The van der Waals surface area contributed by atoms with Gasteiger partial charge in [0.15, 0.2) is 5.65 Å². The number of thiophene rings is 1. The zero-order valence-corrected chi connectivity index (χ0v) is 12.6. The standard InChI is InChI=1S/C14H16N6S/c1-2-15-14-17-12-10(7-16-19-12)13(18-14)20-5-3-11-9(8-20)4-6-21-11/h4,6-7H,2-3,5,8H2,1H3,(H2,15,16,17,18,19). The number of hydrogen-bond acceptors (Lipinski definition) is 6. The minimum Gasteiger partial charge on any atom is -0.354 e. The fourth-order valence-corrected chi connectivity index (χ4v) is 3.62. The van der Waals surface area contributed by atoms with Gasteiger partial charge in [-0.3, -0.25) is 5.10 Å². The van der Waals surface area contributed by atoms with Crippen molar-refractivity contribution in [3.8, 4) is 0 Å².